The number of hydrogen-bond acceptors (Lipinski definition) is 5. The average molecular weight is 246 g/mol. The third-order valence-electron chi connectivity index (χ3n) is 2.21. The first kappa shape index (κ1) is 11.7. The van der Waals surface area contributed by atoms with Crippen molar-refractivity contribution >= 4 is 34.4 Å². The first-order valence-corrected chi connectivity index (χ1v) is 6.19. The lowest BCUT2D eigenvalue weighted by atomic mass is 10.5. The van der Waals surface area contributed by atoms with Crippen molar-refractivity contribution in [2.45, 2.75) is 20.8 Å². The van der Waals surface area contributed by atoms with Crippen LogP contribution < -0.4 is 15.2 Å². The van der Waals surface area contributed by atoms with Crippen molar-refractivity contribution in [1.29, 1.82) is 0 Å². The van der Waals surface area contributed by atoms with Crippen molar-refractivity contribution in [3.05, 3.63) is 28.0 Å². The van der Waals surface area contributed by atoms with Crippen molar-refractivity contribution in [2.24, 2.45) is 0 Å². The van der Waals surface area contributed by atoms with Crippen LogP contribution in [-0.2, 0) is 0 Å². The number of nitrogens with zero attached hydrogens (tertiary/aromatic N) is 3. The van der Waals surface area contributed by atoms with E-state index in [9.17, 15) is 0 Å². The minimum absolute atomic E-state index is 0.726. The minimum atomic E-state index is 0.726. The Bertz CT molecular complexity index is 599. The van der Waals surface area contributed by atoms with Gasteiger partial charge >= 0.3 is 0 Å². The summed E-state index contributed by atoms with van der Waals surface area (Å²) in [5.74, 6) is 0.726. The number of anilines is 2. The van der Waals surface area contributed by atoms with Gasteiger partial charge in [0.1, 0.15) is 0 Å². The molecule has 0 aromatic carbocycles. The van der Waals surface area contributed by atoms with Gasteiger partial charge in [0.25, 0.3) is 0 Å². The molecule has 2 rings (SSSR count). The highest BCUT2D eigenvalue weighted by atomic mass is 32.1. The molecule has 0 amide bonds. The Labute approximate surface area is 104 Å². The Morgan fingerprint density at radius 1 is 1.18 bits per heavy atom. The van der Waals surface area contributed by atoms with Crippen LogP contribution >= 0.6 is 11.3 Å². The van der Waals surface area contributed by atoms with Crippen molar-refractivity contribution in [2.75, 3.05) is 5.32 Å². The fourth-order valence-corrected chi connectivity index (χ4v) is 2.34. The zero-order chi connectivity index (χ0) is 12.3. The average Bonchev–Trinajstić information content (AvgIpc) is 2.71. The van der Waals surface area contributed by atoms with Gasteiger partial charge in [0, 0.05) is 6.20 Å². The van der Waals surface area contributed by atoms with Crippen LogP contribution in [0.4, 0.5) is 10.9 Å². The van der Waals surface area contributed by atoms with Gasteiger partial charge in [-0.2, -0.15) is 0 Å². The fourth-order valence-electron chi connectivity index (χ4n) is 1.44. The molecule has 0 bridgehead atoms. The van der Waals surface area contributed by atoms with Gasteiger partial charge in [-0.25, -0.2) is 9.97 Å². The van der Waals surface area contributed by atoms with E-state index in [1.165, 1.54) is 0 Å². The predicted octanol–water partition coefficient (Wildman–Crippen LogP) is 1.59. The molecule has 2 heterocycles. The van der Waals surface area contributed by atoms with Crippen LogP contribution in [0.25, 0.3) is 12.2 Å². The molecule has 17 heavy (non-hydrogen) atoms. The molecular weight excluding hydrogens is 232 g/mol. The predicted molar refractivity (Wildman–Crippen MR) is 71.7 cm³/mol. The van der Waals surface area contributed by atoms with Crippen LogP contribution in [0.3, 0.4) is 0 Å². The number of thiazole rings is 1. The van der Waals surface area contributed by atoms with Gasteiger partial charge in [0.05, 0.1) is 21.8 Å². The molecule has 2 aromatic rings. The molecule has 0 radical (unpaired) electrons. The van der Waals surface area contributed by atoms with Crippen LogP contribution in [0, 0.1) is 6.92 Å². The standard InChI is InChI=1S/C12H14N4S/c1-4-9-10(5-2)17-12(15-9)16-11-7-13-6-8(3)14-11/h4-7H,1-3H3,(H,14,15,16). The van der Waals surface area contributed by atoms with Gasteiger partial charge in [0.2, 0.25) is 0 Å². The molecule has 0 saturated heterocycles. The topological polar surface area (TPSA) is 50.7 Å². The lowest BCUT2D eigenvalue weighted by molar-refractivity contribution is 1.11. The second-order valence-corrected chi connectivity index (χ2v) is 4.55. The molecule has 0 aliphatic carbocycles. The minimum Gasteiger partial charge on any atom is -0.315 e. The summed E-state index contributed by atoms with van der Waals surface area (Å²) in [6.45, 7) is 5.91. The number of hydrogen-bond donors (Lipinski definition) is 1. The van der Waals surface area contributed by atoms with Gasteiger partial charge < -0.3 is 5.32 Å². The van der Waals surface area contributed by atoms with E-state index in [0.29, 0.717) is 0 Å². The maximum atomic E-state index is 4.48. The summed E-state index contributed by atoms with van der Waals surface area (Å²) in [6, 6.07) is 0. The molecule has 0 unspecified atom stereocenters. The molecule has 0 aliphatic rings. The summed E-state index contributed by atoms with van der Waals surface area (Å²) >= 11 is 1.61. The lowest BCUT2D eigenvalue weighted by Gasteiger charge is -2.00. The Morgan fingerprint density at radius 2 is 2.00 bits per heavy atom. The van der Waals surface area contributed by atoms with Gasteiger partial charge in [-0.15, -0.1) is 0 Å². The highest BCUT2D eigenvalue weighted by molar-refractivity contribution is 7.13. The molecule has 1 N–H and O–H groups in total. The van der Waals surface area contributed by atoms with E-state index in [4.69, 9.17) is 0 Å². The first-order chi connectivity index (χ1) is 8.22. The van der Waals surface area contributed by atoms with E-state index in [2.05, 4.69) is 26.3 Å². The van der Waals surface area contributed by atoms with E-state index in [-0.39, 0.29) is 0 Å². The van der Waals surface area contributed by atoms with Gasteiger partial charge in [-0.1, -0.05) is 23.5 Å². The number of rotatable bonds is 2. The number of nitrogens with one attached hydrogen (secondary N) is 1. The molecule has 5 heteroatoms. The van der Waals surface area contributed by atoms with Crippen LogP contribution in [0.5, 0.6) is 0 Å². The Hall–Kier alpha value is -1.75. The first-order valence-electron chi connectivity index (χ1n) is 5.38. The third-order valence-corrected chi connectivity index (χ3v) is 3.26. The molecule has 4 nitrogen and oxygen atoms in total. The molecule has 88 valence electrons. The van der Waals surface area contributed by atoms with Crippen molar-refractivity contribution in [3.8, 4) is 0 Å². The van der Waals surface area contributed by atoms with E-state index < -0.39 is 0 Å². The zero-order valence-corrected chi connectivity index (χ0v) is 10.9. The quantitative estimate of drug-likeness (QED) is 0.874. The summed E-state index contributed by atoms with van der Waals surface area (Å²) in [7, 11) is 0. The molecule has 0 saturated carbocycles. The SMILES string of the molecule is CC=c1nc(Nc2cncc(C)n2)sc1=CC. The van der Waals surface area contributed by atoms with Crippen LogP contribution in [0.1, 0.15) is 19.5 Å². The number of aryl methyl sites for hydroxylation is 1. The van der Waals surface area contributed by atoms with Crippen molar-refractivity contribution in [3.63, 3.8) is 0 Å². The molecular formula is C12H14N4S. The maximum absolute atomic E-state index is 4.48. The summed E-state index contributed by atoms with van der Waals surface area (Å²) < 4.78 is 1.16. The fraction of sp³-hybridized carbons (Fsp3) is 0.250. The van der Waals surface area contributed by atoms with Gasteiger partial charge in [0.15, 0.2) is 10.9 Å². The van der Waals surface area contributed by atoms with Crippen molar-refractivity contribution < 1.29 is 0 Å². The largest absolute Gasteiger partial charge is 0.315 e. The molecule has 0 fully saturated rings. The van der Waals surface area contributed by atoms with E-state index in [1.807, 2.05) is 26.8 Å². The maximum Gasteiger partial charge on any atom is 0.189 e. The van der Waals surface area contributed by atoms with Crippen LogP contribution in [0.2, 0.25) is 0 Å². The van der Waals surface area contributed by atoms with E-state index >= 15 is 0 Å². The van der Waals surface area contributed by atoms with Gasteiger partial charge in [-0.05, 0) is 20.8 Å². The zero-order valence-electron chi connectivity index (χ0n) is 10.1. The summed E-state index contributed by atoms with van der Waals surface area (Å²) in [5.41, 5.74) is 0.885. The Balaban J connectivity index is 2.34. The second kappa shape index (κ2) is 5.05. The highest BCUT2D eigenvalue weighted by Crippen LogP contribution is 2.11. The molecule has 0 spiro atoms. The van der Waals surface area contributed by atoms with Crippen LogP contribution in [-0.4, -0.2) is 15.0 Å². The van der Waals surface area contributed by atoms with Gasteiger partial charge in [-0.3, -0.25) is 4.98 Å². The third kappa shape index (κ3) is 2.68. The molecule has 0 atom stereocenters. The Morgan fingerprint density at radius 3 is 2.59 bits per heavy atom. The molecule has 0 aliphatic heterocycles. The van der Waals surface area contributed by atoms with E-state index in [1.54, 1.807) is 23.7 Å². The monoisotopic (exact) mass is 246 g/mol. The summed E-state index contributed by atoms with van der Waals surface area (Å²) in [4.78, 5) is 12.9. The summed E-state index contributed by atoms with van der Waals surface area (Å²) in [5, 5.41) is 5.01. The normalized spacial score (nSPS) is 13.1. The lowest BCUT2D eigenvalue weighted by Crippen LogP contribution is -2.19. The second-order valence-electron chi connectivity index (χ2n) is 3.52. The number of aromatic nitrogens is 3. The highest BCUT2D eigenvalue weighted by Gasteiger charge is 2.01. The Kier molecular flexibility index (Phi) is 3.49. The van der Waals surface area contributed by atoms with E-state index in [0.717, 1.165) is 26.5 Å². The smallest absolute Gasteiger partial charge is 0.189 e. The summed E-state index contributed by atoms with van der Waals surface area (Å²) in [6.07, 6.45) is 7.47. The van der Waals surface area contributed by atoms with Crippen LogP contribution in [0.15, 0.2) is 12.4 Å². The van der Waals surface area contributed by atoms with Crippen molar-refractivity contribution in [1.82, 2.24) is 15.0 Å². The molecule has 2 aromatic heterocycles.